The van der Waals surface area contributed by atoms with Crippen LogP contribution in [0.15, 0.2) is 0 Å². The van der Waals surface area contributed by atoms with Gasteiger partial charge in [-0.15, -0.1) is 0 Å². The van der Waals surface area contributed by atoms with Gasteiger partial charge < -0.3 is 10.6 Å². The van der Waals surface area contributed by atoms with Crippen molar-refractivity contribution in [3.63, 3.8) is 0 Å². The Bertz CT molecular complexity index is 316. The van der Waals surface area contributed by atoms with Gasteiger partial charge in [0.15, 0.2) is 0 Å². The Labute approximate surface area is 124 Å². The van der Waals surface area contributed by atoms with Crippen molar-refractivity contribution < 1.29 is 4.79 Å². The van der Waals surface area contributed by atoms with Crippen LogP contribution in [0.2, 0.25) is 0 Å². The Morgan fingerprint density at radius 3 is 2.65 bits per heavy atom. The minimum atomic E-state index is 0.257. The number of nitrogens with two attached hydrogens (primary N) is 1. The van der Waals surface area contributed by atoms with Crippen molar-refractivity contribution in [1.82, 2.24) is 4.90 Å². The quantitative estimate of drug-likeness (QED) is 0.863. The van der Waals surface area contributed by atoms with Crippen molar-refractivity contribution in [2.45, 2.75) is 58.8 Å². The molecule has 1 saturated heterocycles. The summed E-state index contributed by atoms with van der Waals surface area (Å²) in [4.78, 5) is 14.9. The Balaban J connectivity index is 1.88. The highest BCUT2D eigenvalue weighted by Gasteiger charge is 2.31. The molecule has 0 aromatic carbocycles. The molecule has 0 radical (unpaired) electrons. The van der Waals surface area contributed by atoms with Crippen LogP contribution in [0.5, 0.6) is 0 Å². The van der Waals surface area contributed by atoms with E-state index in [0.29, 0.717) is 11.8 Å². The molecule has 20 heavy (non-hydrogen) atoms. The van der Waals surface area contributed by atoms with Crippen LogP contribution >= 0.6 is 0 Å². The van der Waals surface area contributed by atoms with E-state index in [-0.39, 0.29) is 5.92 Å². The first-order valence-electron chi connectivity index (χ1n) is 8.60. The van der Waals surface area contributed by atoms with E-state index in [9.17, 15) is 4.79 Å². The van der Waals surface area contributed by atoms with Gasteiger partial charge in [-0.05, 0) is 62.8 Å². The molecule has 0 aromatic rings. The van der Waals surface area contributed by atoms with E-state index in [1.807, 2.05) is 0 Å². The molecule has 0 bridgehead atoms. The molecule has 0 aromatic heterocycles. The fourth-order valence-electron chi connectivity index (χ4n) is 4.00. The SMILES string of the molecule is CC(C)C1CCCN(C(=O)C2CCCC(CN)C2)CC1. The summed E-state index contributed by atoms with van der Waals surface area (Å²) in [5.74, 6) is 2.81. The smallest absolute Gasteiger partial charge is 0.225 e. The fourth-order valence-corrected chi connectivity index (χ4v) is 4.00. The number of hydrogen-bond acceptors (Lipinski definition) is 2. The van der Waals surface area contributed by atoms with Crippen LogP contribution in [0.4, 0.5) is 0 Å². The van der Waals surface area contributed by atoms with E-state index in [0.717, 1.165) is 44.3 Å². The maximum atomic E-state index is 12.7. The first-order valence-corrected chi connectivity index (χ1v) is 8.60. The third-order valence-corrected chi connectivity index (χ3v) is 5.49. The third-order valence-electron chi connectivity index (χ3n) is 5.49. The van der Waals surface area contributed by atoms with Crippen LogP contribution in [0.1, 0.15) is 58.8 Å². The van der Waals surface area contributed by atoms with E-state index >= 15 is 0 Å². The number of hydrogen-bond donors (Lipinski definition) is 1. The van der Waals surface area contributed by atoms with Crippen molar-refractivity contribution in [2.75, 3.05) is 19.6 Å². The molecular weight excluding hydrogens is 248 g/mol. The van der Waals surface area contributed by atoms with Gasteiger partial charge in [0.2, 0.25) is 5.91 Å². The minimum absolute atomic E-state index is 0.257. The van der Waals surface area contributed by atoms with Crippen LogP contribution in [0, 0.1) is 23.7 Å². The van der Waals surface area contributed by atoms with Crippen molar-refractivity contribution in [3.8, 4) is 0 Å². The van der Waals surface area contributed by atoms with Gasteiger partial charge in [-0.25, -0.2) is 0 Å². The summed E-state index contributed by atoms with van der Waals surface area (Å²) in [6, 6.07) is 0. The highest BCUT2D eigenvalue weighted by molar-refractivity contribution is 5.79. The summed E-state index contributed by atoms with van der Waals surface area (Å²) in [6.45, 7) is 7.33. The average Bonchev–Trinajstić information content (AvgIpc) is 2.72. The van der Waals surface area contributed by atoms with Gasteiger partial charge in [-0.2, -0.15) is 0 Å². The third kappa shape index (κ3) is 3.97. The summed E-state index contributed by atoms with van der Waals surface area (Å²) in [5, 5.41) is 0. The topological polar surface area (TPSA) is 46.3 Å². The van der Waals surface area contributed by atoms with Crippen LogP contribution in [0.25, 0.3) is 0 Å². The maximum absolute atomic E-state index is 12.7. The summed E-state index contributed by atoms with van der Waals surface area (Å²) in [5.41, 5.74) is 5.80. The van der Waals surface area contributed by atoms with Gasteiger partial charge in [0, 0.05) is 19.0 Å². The number of nitrogens with zero attached hydrogens (tertiary/aromatic N) is 1. The zero-order valence-corrected chi connectivity index (χ0v) is 13.3. The Hall–Kier alpha value is -0.570. The predicted octanol–water partition coefficient (Wildman–Crippen LogP) is 3.04. The first kappa shape index (κ1) is 15.8. The summed E-state index contributed by atoms with van der Waals surface area (Å²) < 4.78 is 0. The molecule has 1 aliphatic carbocycles. The van der Waals surface area contributed by atoms with Crippen LogP contribution < -0.4 is 5.73 Å². The molecule has 1 aliphatic heterocycles. The Morgan fingerprint density at radius 1 is 1.15 bits per heavy atom. The highest BCUT2D eigenvalue weighted by atomic mass is 16.2. The zero-order chi connectivity index (χ0) is 14.5. The molecule has 3 nitrogen and oxygen atoms in total. The van der Waals surface area contributed by atoms with Crippen molar-refractivity contribution in [2.24, 2.45) is 29.4 Å². The number of amides is 1. The Kier molecular flexibility index (Phi) is 5.88. The monoisotopic (exact) mass is 280 g/mol. The average molecular weight is 280 g/mol. The molecule has 2 rings (SSSR count). The molecule has 116 valence electrons. The predicted molar refractivity (Wildman–Crippen MR) is 83.3 cm³/mol. The van der Waals surface area contributed by atoms with Gasteiger partial charge >= 0.3 is 0 Å². The lowest BCUT2D eigenvalue weighted by atomic mass is 9.80. The minimum Gasteiger partial charge on any atom is -0.342 e. The second-order valence-corrected chi connectivity index (χ2v) is 7.23. The van der Waals surface area contributed by atoms with E-state index in [1.54, 1.807) is 0 Å². The van der Waals surface area contributed by atoms with Crippen molar-refractivity contribution in [1.29, 1.82) is 0 Å². The molecule has 1 heterocycles. The molecule has 3 heteroatoms. The van der Waals surface area contributed by atoms with Gasteiger partial charge in [0.25, 0.3) is 0 Å². The van der Waals surface area contributed by atoms with Gasteiger partial charge in [0.1, 0.15) is 0 Å². The largest absolute Gasteiger partial charge is 0.342 e. The Morgan fingerprint density at radius 2 is 1.95 bits per heavy atom. The molecular formula is C17H32N2O. The lowest BCUT2D eigenvalue weighted by molar-refractivity contribution is -0.137. The molecule has 0 spiro atoms. The standard InChI is InChI=1S/C17H32N2O/c1-13(2)15-7-4-9-19(10-8-15)17(20)16-6-3-5-14(11-16)12-18/h13-16H,3-12,18H2,1-2H3. The van der Waals surface area contributed by atoms with Crippen molar-refractivity contribution >= 4 is 5.91 Å². The number of rotatable bonds is 3. The fraction of sp³-hybridized carbons (Fsp3) is 0.941. The van der Waals surface area contributed by atoms with Gasteiger partial charge in [-0.1, -0.05) is 20.3 Å². The molecule has 3 unspecified atom stereocenters. The summed E-state index contributed by atoms with van der Waals surface area (Å²) >= 11 is 0. The normalized spacial score (nSPS) is 32.2. The molecule has 1 saturated carbocycles. The van der Waals surface area contributed by atoms with Crippen molar-refractivity contribution in [3.05, 3.63) is 0 Å². The zero-order valence-electron chi connectivity index (χ0n) is 13.3. The van der Waals surface area contributed by atoms with E-state index in [2.05, 4.69) is 18.7 Å². The molecule has 3 atom stereocenters. The lowest BCUT2D eigenvalue weighted by Gasteiger charge is -2.32. The summed E-state index contributed by atoms with van der Waals surface area (Å²) in [7, 11) is 0. The first-order chi connectivity index (χ1) is 9.61. The van der Waals surface area contributed by atoms with Gasteiger partial charge in [0.05, 0.1) is 0 Å². The van der Waals surface area contributed by atoms with Crippen LogP contribution in [-0.4, -0.2) is 30.4 Å². The molecule has 2 fully saturated rings. The summed E-state index contributed by atoms with van der Waals surface area (Å²) in [6.07, 6.45) is 8.17. The second-order valence-electron chi connectivity index (χ2n) is 7.23. The highest BCUT2D eigenvalue weighted by Crippen LogP contribution is 2.31. The van der Waals surface area contributed by atoms with Gasteiger partial charge in [-0.3, -0.25) is 4.79 Å². The second kappa shape index (κ2) is 7.44. The molecule has 2 aliphatic rings. The van der Waals surface area contributed by atoms with Crippen LogP contribution in [-0.2, 0) is 4.79 Å². The van der Waals surface area contributed by atoms with E-state index in [4.69, 9.17) is 5.73 Å². The molecule has 1 amide bonds. The van der Waals surface area contributed by atoms with E-state index in [1.165, 1.54) is 32.1 Å². The maximum Gasteiger partial charge on any atom is 0.225 e. The number of likely N-dealkylation sites (tertiary alicyclic amines) is 1. The number of carbonyl (C=O) groups excluding carboxylic acids is 1. The molecule has 2 N–H and O–H groups in total. The number of carbonyl (C=O) groups is 1. The van der Waals surface area contributed by atoms with Crippen LogP contribution in [0.3, 0.4) is 0 Å². The lowest BCUT2D eigenvalue weighted by Crippen LogP contribution is -2.39. The van der Waals surface area contributed by atoms with E-state index < -0.39 is 0 Å².